The van der Waals surface area contributed by atoms with Crippen molar-refractivity contribution in [3.63, 3.8) is 0 Å². The molecule has 0 heterocycles. The van der Waals surface area contributed by atoms with Gasteiger partial charge in [-0.3, -0.25) is 4.79 Å². The van der Waals surface area contributed by atoms with Crippen LogP contribution in [0.4, 0.5) is 4.79 Å². The van der Waals surface area contributed by atoms with Gasteiger partial charge >= 0.3 is 18.0 Å². The van der Waals surface area contributed by atoms with Gasteiger partial charge in [-0.15, -0.1) is 0 Å². The van der Waals surface area contributed by atoms with E-state index in [0.717, 1.165) is 0 Å². The third kappa shape index (κ3) is 14.3. The number of alkyl carbamates (subject to hydrolysis) is 1. The van der Waals surface area contributed by atoms with E-state index >= 15 is 0 Å². The van der Waals surface area contributed by atoms with Crippen molar-refractivity contribution in [2.45, 2.75) is 98.0 Å². The van der Waals surface area contributed by atoms with Gasteiger partial charge in [0, 0.05) is 0 Å². The van der Waals surface area contributed by atoms with Crippen LogP contribution in [-0.2, 0) is 23.8 Å². The van der Waals surface area contributed by atoms with E-state index in [1.54, 1.807) is 66.4 Å². The van der Waals surface area contributed by atoms with Crippen molar-refractivity contribution in [3.05, 3.63) is 10.2 Å². The van der Waals surface area contributed by atoms with Gasteiger partial charge in [-0.05, 0) is 79.2 Å². The molecule has 7 nitrogen and oxygen atoms in total. The first-order chi connectivity index (χ1) is 12.9. The van der Waals surface area contributed by atoms with E-state index in [9.17, 15) is 14.4 Å². The lowest BCUT2D eigenvalue weighted by atomic mass is 9.96. The number of hydrogen-bond acceptors (Lipinski definition) is 6. The predicted octanol–water partition coefficient (Wildman–Crippen LogP) is 4.91. The van der Waals surface area contributed by atoms with Crippen molar-refractivity contribution in [1.29, 1.82) is 0 Å². The van der Waals surface area contributed by atoms with E-state index in [0.29, 0.717) is 6.42 Å². The molecule has 29 heavy (non-hydrogen) atoms. The second-order valence-electron chi connectivity index (χ2n) is 9.80. The zero-order valence-corrected chi connectivity index (χ0v) is 21.2. The van der Waals surface area contributed by atoms with Crippen LogP contribution in [0.2, 0.25) is 0 Å². The topological polar surface area (TPSA) is 90.9 Å². The molecule has 0 bridgehead atoms. The lowest BCUT2D eigenvalue weighted by Crippen LogP contribution is -2.47. The molecule has 1 N–H and O–H groups in total. The molecule has 168 valence electrons. The van der Waals surface area contributed by atoms with Crippen molar-refractivity contribution in [2.75, 3.05) is 0 Å². The van der Waals surface area contributed by atoms with E-state index < -0.39 is 46.8 Å². The lowest BCUT2D eigenvalue weighted by Gasteiger charge is -2.29. The summed E-state index contributed by atoms with van der Waals surface area (Å²) >= 11 is 2.06. The van der Waals surface area contributed by atoms with Gasteiger partial charge in [-0.2, -0.15) is 0 Å². The Morgan fingerprint density at radius 2 is 1.28 bits per heavy atom. The predicted molar refractivity (Wildman–Crippen MR) is 121 cm³/mol. The van der Waals surface area contributed by atoms with Crippen LogP contribution in [-0.4, -0.2) is 40.9 Å². The molecule has 0 fully saturated rings. The van der Waals surface area contributed by atoms with Crippen molar-refractivity contribution in [2.24, 2.45) is 5.92 Å². The first-order valence-electron chi connectivity index (χ1n) is 9.64. The number of carbonyl (C=O) groups excluding carboxylic acids is 3. The maximum atomic E-state index is 12.7. The fraction of sp³-hybridized carbons (Fsp3) is 0.762. The molecule has 0 aliphatic rings. The Morgan fingerprint density at radius 3 is 1.69 bits per heavy atom. The van der Waals surface area contributed by atoms with Crippen LogP contribution in [0.15, 0.2) is 10.2 Å². The van der Waals surface area contributed by atoms with Crippen LogP contribution in [0.3, 0.4) is 0 Å². The molecule has 0 aromatic carbocycles. The molecule has 0 aromatic rings. The van der Waals surface area contributed by atoms with Gasteiger partial charge in [0.1, 0.15) is 22.8 Å². The summed E-state index contributed by atoms with van der Waals surface area (Å²) in [5.74, 6) is -1.70. The van der Waals surface area contributed by atoms with Crippen molar-refractivity contribution in [3.8, 4) is 0 Å². The van der Waals surface area contributed by atoms with Crippen LogP contribution in [0.5, 0.6) is 0 Å². The number of allylic oxidation sites excluding steroid dienone is 1. The van der Waals surface area contributed by atoms with Crippen molar-refractivity contribution >= 4 is 40.6 Å². The van der Waals surface area contributed by atoms with E-state index in [1.165, 1.54) is 0 Å². The van der Waals surface area contributed by atoms with Gasteiger partial charge in [-0.1, -0.05) is 28.7 Å². The smallest absolute Gasteiger partial charge is 0.408 e. The van der Waals surface area contributed by atoms with Gasteiger partial charge in [-0.25, -0.2) is 9.59 Å². The Labute approximate surface area is 188 Å². The fourth-order valence-electron chi connectivity index (χ4n) is 2.21. The molecule has 0 saturated heterocycles. The highest BCUT2D eigenvalue weighted by atomic mass is 127. The molecule has 0 rings (SSSR count). The maximum Gasteiger partial charge on any atom is 0.408 e. The molecule has 0 aliphatic carbocycles. The molecular formula is C21H36INO6. The first kappa shape index (κ1) is 27.7. The molecule has 0 radical (unpaired) electrons. The molecule has 2 atom stereocenters. The standard InChI is InChI=1S/C21H36INO6/c1-19(2,3)27-16(24)14(11-10-12-22)13-15(17(25)28-20(4,5)6)23-18(26)29-21(7,8)9/h10,12,14-15H,11,13H2,1-9H3,(H,23,26)/t14-,15-/m0/s1. The quantitative estimate of drug-likeness (QED) is 0.289. The minimum Gasteiger partial charge on any atom is -0.460 e. The molecule has 0 saturated carbocycles. The first-order valence-corrected chi connectivity index (χ1v) is 10.9. The Kier molecular flexibility index (Phi) is 10.7. The van der Waals surface area contributed by atoms with Crippen LogP contribution in [0, 0.1) is 5.92 Å². The summed E-state index contributed by atoms with van der Waals surface area (Å²) in [6, 6.07) is -1.05. The third-order valence-corrected chi connectivity index (χ3v) is 3.66. The number of rotatable bonds is 7. The van der Waals surface area contributed by atoms with Gasteiger partial charge < -0.3 is 19.5 Å². The van der Waals surface area contributed by atoms with E-state index in [1.807, 2.05) is 6.08 Å². The summed E-state index contributed by atoms with van der Waals surface area (Å²) < 4.78 is 18.0. The minimum absolute atomic E-state index is 0.0318. The normalized spacial score (nSPS) is 14.8. The second kappa shape index (κ2) is 11.2. The van der Waals surface area contributed by atoms with Crippen LogP contribution < -0.4 is 5.32 Å². The summed E-state index contributed by atoms with van der Waals surface area (Å²) in [4.78, 5) is 37.6. The summed E-state index contributed by atoms with van der Waals surface area (Å²) in [6.07, 6.45) is 1.46. The summed E-state index contributed by atoms with van der Waals surface area (Å²) in [5.41, 5.74) is -2.13. The molecule has 8 heteroatoms. The molecule has 1 amide bonds. The third-order valence-electron chi connectivity index (χ3n) is 3.15. The molecule has 0 aliphatic heterocycles. The zero-order chi connectivity index (χ0) is 23.0. The number of esters is 2. The Hall–Kier alpha value is -1.32. The Balaban J connectivity index is 5.59. The monoisotopic (exact) mass is 525 g/mol. The average molecular weight is 525 g/mol. The Bertz CT molecular complexity index is 596. The van der Waals surface area contributed by atoms with Crippen LogP contribution in [0.1, 0.15) is 75.2 Å². The number of carbonyl (C=O) groups is 3. The van der Waals surface area contributed by atoms with E-state index in [4.69, 9.17) is 14.2 Å². The lowest BCUT2D eigenvalue weighted by molar-refractivity contribution is -0.162. The van der Waals surface area contributed by atoms with Crippen LogP contribution in [0.25, 0.3) is 0 Å². The SMILES string of the molecule is CC(C)(C)OC(=O)N[C@@H](C[C@H](CC=CI)C(=O)OC(C)(C)C)C(=O)OC(C)(C)C. The molecular weight excluding hydrogens is 489 g/mol. The summed E-state index contributed by atoms with van der Waals surface area (Å²) in [7, 11) is 0. The van der Waals surface area contributed by atoms with Crippen molar-refractivity contribution in [1.82, 2.24) is 5.32 Å². The van der Waals surface area contributed by atoms with Crippen LogP contribution >= 0.6 is 22.6 Å². The van der Waals surface area contributed by atoms with E-state index in [2.05, 4.69) is 27.9 Å². The highest BCUT2D eigenvalue weighted by Crippen LogP contribution is 2.21. The zero-order valence-electron chi connectivity index (χ0n) is 19.1. The van der Waals surface area contributed by atoms with Gasteiger partial charge in [0.05, 0.1) is 5.92 Å². The van der Waals surface area contributed by atoms with Gasteiger partial charge in [0.15, 0.2) is 0 Å². The second-order valence-corrected chi connectivity index (χ2v) is 10.5. The number of ether oxygens (including phenoxy) is 3. The molecule has 0 unspecified atom stereocenters. The summed E-state index contributed by atoms with van der Waals surface area (Å²) in [6.45, 7) is 15.7. The largest absolute Gasteiger partial charge is 0.460 e. The number of halogens is 1. The van der Waals surface area contributed by atoms with E-state index in [-0.39, 0.29) is 6.42 Å². The maximum absolute atomic E-state index is 12.7. The highest BCUT2D eigenvalue weighted by molar-refractivity contribution is 14.1. The highest BCUT2D eigenvalue weighted by Gasteiger charge is 2.34. The fourth-order valence-corrected chi connectivity index (χ4v) is 2.50. The van der Waals surface area contributed by atoms with Crippen molar-refractivity contribution < 1.29 is 28.6 Å². The Morgan fingerprint density at radius 1 is 0.828 bits per heavy atom. The number of amides is 1. The number of nitrogens with one attached hydrogen (secondary N) is 1. The van der Waals surface area contributed by atoms with Gasteiger partial charge in [0.2, 0.25) is 0 Å². The summed E-state index contributed by atoms with van der Waals surface area (Å²) in [5, 5.41) is 2.55. The molecule has 0 spiro atoms. The molecule has 0 aromatic heterocycles. The average Bonchev–Trinajstić information content (AvgIpc) is 2.44. The minimum atomic E-state index is -1.05. The number of hydrogen-bond donors (Lipinski definition) is 1. The van der Waals surface area contributed by atoms with Gasteiger partial charge in [0.25, 0.3) is 0 Å².